The molecule has 0 saturated heterocycles. The van der Waals surface area contributed by atoms with Crippen molar-refractivity contribution in [2.24, 2.45) is 5.14 Å². The van der Waals surface area contributed by atoms with Gasteiger partial charge in [-0.15, -0.1) is 0 Å². The second-order valence-electron chi connectivity index (χ2n) is 7.00. The topological polar surface area (TPSA) is 73.3 Å². The normalized spacial score (nSPS) is 14.5. The van der Waals surface area contributed by atoms with Gasteiger partial charge in [-0.2, -0.15) is 5.10 Å². The van der Waals surface area contributed by atoms with Crippen LogP contribution in [0.3, 0.4) is 0 Å². The lowest BCUT2D eigenvalue weighted by Crippen LogP contribution is -2.33. The lowest BCUT2D eigenvalue weighted by Gasteiger charge is -2.26. The molecule has 2 N–H and O–H groups in total. The fraction of sp³-hybridized carbons (Fsp3) is 0.333. The molecule has 0 aliphatic carbocycles. The molecule has 1 aromatic carbocycles. The van der Waals surface area contributed by atoms with E-state index in [1.54, 1.807) is 16.9 Å². The van der Waals surface area contributed by atoms with Gasteiger partial charge in [0.2, 0.25) is 0 Å². The minimum atomic E-state index is -1.51. The summed E-state index contributed by atoms with van der Waals surface area (Å²) in [5, 5.41) is 10.1. The van der Waals surface area contributed by atoms with Crippen LogP contribution in [0, 0.1) is 11.6 Å². The Morgan fingerprint density at radius 2 is 1.88 bits per heavy atom. The molecule has 2 atom stereocenters. The predicted octanol–water partition coefficient (Wildman–Crippen LogP) is 3.57. The van der Waals surface area contributed by atoms with E-state index in [0.717, 1.165) is 11.6 Å². The van der Waals surface area contributed by atoms with E-state index in [0.29, 0.717) is 23.3 Å². The Hall–Kier alpha value is -2.19. The summed E-state index contributed by atoms with van der Waals surface area (Å²) in [5.74, 6) is -1.45. The van der Waals surface area contributed by atoms with E-state index in [-0.39, 0.29) is 5.92 Å². The van der Waals surface area contributed by atoms with Gasteiger partial charge in [0.25, 0.3) is 0 Å². The maximum Gasteiger partial charge on any atom is 0.153 e. The average Bonchev–Trinajstić information content (AvgIpc) is 2.99. The van der Waals surface area contributed by atoms with Crippen LogP contribution >= 0.6 is 0 Å². The lowest BCUT2D eigenvalue weighted by atomic mass is 9.89. The van der Waals surface area contributed by atoms with E-state index in [9.17, 15) is 13.0 Å². The third-order valence-electron chi connectivity index (χ3n) is 4.42. The molecule has 2 heterocycles. The van der Waals surface area contributed by atoms with E-state index in [1.807, 2.05) is 26.8 Å². The molecule has 1 unspecified atom stereocenters. The van der Waals surface area contributed by atoms with Gasteiger partial charge >= 0.3 is 0 Å². The summed E-state index contributed by atoms with van der Waals surface area (Å²) in [7, 11) is -1.51. The minimum absolute atomic E-state index is 0.104. The molecule has 0 fully saturated rings. The molecule has 138 valence electrons. The zero-order valence-corrected chi connectivity index (χ0v) is 15.6. The highest BCUT2D eigenvalue weighted by Crippen LogP contribution is 2.34. The first kappa shape index (κ1) is 18.6. The van der Waals surface area contributed by atoms with Crippen molar-refractivity contribution in [1.82, 2.24) is 14.6 Å². The van der Waals surface area contributed by atoms with Crippen molar-refractivity contribution < 1.29 is 13.0 Å². The Balaban J connectivity index is 2.15. The van der Waals surface area contributed by atoms with Crippen molar-refractivity contribution in [1.29, 1.82) is 0 Å². The lowest BCUT2D eigenvalue weighted by molar-refractivity contribution is 0.539. The van der Waals surface area contributed by atoms with Crippen LogP contribution in [0.25, 0.3) is 16.9 Å². The summed E-state index contributed by atoms with van der Waals surface area (Å²) in [5.41, 5.74) is 2.19. The monoisotopic (exact) mass is 378 g/mol. The zero-order chi connectivity index (χ0) is 19.1. The first-order valence-electron chi connectivity index (χ1n) is 8.14. The maximum absolute atomic E-state index is 13.7. The van der Waals surface area contributed by atoms with Gasteiger partial charge in [-0.1, -0.05) is 6.92 Å². The second kappa shape index (κ2) is 6.85. The SMILES string of the molecule is C[C@@H](CC(C)(C)S(N)=O)c1cc2nccn2nc1-c1cc(F)cc(F)c1. The van der Waals surface area contributed by atoms with Crippen molar-refractivity contribution in [3.63, 3.8) is 0 Å². The summed E-state index contributed by atoms with van der Waals surface area (Å²) in [6.45, 7) is 5.59. The fourth-order valence-electron chi connectivity index (χ4n) is 3.09. The number of halogens is 2. The maximum atomic E-state index is 13.7. The summed E-state index contributed by atoms with van der Waals surface area (Å²) >= 11 is 0. The van der Waals surface area contributed by atoms with Crippen LogP contribution < -0.4 is 5.14 Å². The number of aromatic nitrogens is 3. The molecule has 5 nitrogen and oxygen atoms in total. The molecular weight excluding hydrogens is 358 g/mol. The van der Waals surface area contributed by atoms with Crippen molar-refractivity contribution in [3.05, 3.63) is 53.9 Å². The summed E-state index contributed by atoms with van der Waals surface area (Å²) in [4.78, 5) is 4.23. The summed E-state index contributed by atoms with van der Waals surface area (Å²) in [6, 6.07) is 5.15. The van der Waals surface area contributed by atoms with E-state index in [1.165, 1.54) is 12.1 Å². The van der Waals surface area contributed by atoms with Crippen molar-refractivity contribution in [2.75, 3.05) is 0 Å². The third kappa shape index (κ3) is 3.66. The molecular formula is C18H20F2N4OS. The van der Waals surface area contributed by atoms with Gasteiger partial charge in [0, 0.05) is 24.0 Å². The average molecular weight is 378 g/mol. The van der Waals surface area contributed by atoms with Crippen LogP contribution in [-0.2, 0) is 11.0 Å². The molecule has 0 aliphatic heterocycles. The quantitative estimate of drug-likeness (QED) is 0.738. The highest BCUT2D eigenvalue weighted by molar-refractivity contribution is 7.84. The number of hydrogen-bond acceptors (Lipinski definition) is 3. The van der Waals surface area contributed by atoms with Crippen LogP contribution in [0.4, 0.5) is 8.78 Å². The van der Waals surface area contributed by atoms with E-state index >= 15 is 0 Å². The number of nitrogens with two attached hydrogens (primary N) is 1. The number of rotatable bonds is 5. The molecule has 0 bridgehead atoms. The van der Waals surface area contributed by atoms with Crippen molar-refractivity contribution in [3.8, 4) is 11.3 Å². The van der Waals surface area contributed by atoms with Crippen LogP contribution in [-0.4, -0.2) is 23.6 Å². The van der Waals surface area contributed by atoms with E-state index in [4.69, 9.17) is 5.14 Å². The van der Waals surface area contributed by atoms with Crippen LogP contribution in [0.5, 0.6) is 0 Å². The first-order valence-corrected chi connectivity index (χ1v) is 9.36. The number of fused-ring (bicyclic) bond motifs is 1. The molecule has 0 radical (unpaired) electrons. The van der Waals surface area contributed by atoms with E-state index in [2.05, 4.69) is 10.1 Å². The smallest absolute Gasteiger partial charge is 0.153 e. The highest BCUT2D eigenvalue weighted by atomic mass is 32.2. The molecule has 0 aliphatic rings. The Kier molecular flexibility index (Phi) is 4.90. The Bertz CT molecular complexity index is 966. The van der Waals surface area contributed by atoms with Gasteiger partial charge in [0.05, 0.1) is 21.4 Å². The molecule has 3 aromatic rings. The van der Waals surface area contributed by atoms with Crippen LogP contribution in [0.1, 0.15) is 38.7 Å². The van der Waals surface area contributed by atoms with Gasteiger partial charge in [0.15, 0.2) is 5.65 Å². The van der Waals surface area contributed by atoms with Gasteiger partial charge < -0.3 is 0 Å². The molecule has 8 heteroatoms. The van der Waals surface area contributed by atoms with Gasteiger partial charge in [-0.05, 0) is 49.9 Å². The Morgan fingerprint density at radius 3 is 2.50 bits per heavy atom. The molecule has 0 spiro atoms. The number of hydrogen-bond donors (Lipinski definition) is 1. The number of imidazole rings is 1. The molecule has 3 rings (SSSR count). The zero-order valence-electron chi connectivity index (χ0n) is 14.7. The standard InChI is InChI=1S/C18H20F2N4OS/c1-11(10-18(2,3)26(21)25)15-9-16-22-4-5-24(16)23-17(15)12-6-13(19)8-14(20)7-12/h4-9,11H,10,21H2,1-3H3/t11-,26?/m0/s1. The number of benzene rings is 1. The van der Waals surface area contributed by atoms with Gasteiger partial charge in [0.1, 0.15) is 11.6 Å². The first-order chi connectivity index (χ1) is 12.2. The Labute approximate surface area is 152 Å². The molecule has 2 aromatic heterocycles. The fourth-order valence-corrected chi connectivity index (χ4v) is 3.50. The number of nitrogens with zero attached hydrogens (tertiary/aromatic N) is 3. The minimum Gasteiger partial charge on any atom is -0.251 e. The van der Waals surface area contributed by atoms with E-state index < -0.39 is 27.4 Å². The summed E-state index contributed by atoms with van der Waals surface area (Å²) < 4.78 is 40.2. The second-order valence-corrected chi connectivity index (χ2v) is 8.70. The molecule has 0 amide bonds. The van der Waals surface area contributed by atoms with Crippen molar-refractivity contribution in [2.45, 2.75) is 37.9 Å². The van der Waals surface area contributed by atoms with Crippen molar-refractivity contribution >= 4 is 16.6 Å². The largest absolute Gasteiger partial charge is 0.251 e. The summed E-state index contributed by atoms with van der Waals surface area (Å²) in [6.07, 6.45) is 3.78. The third-order valence-corrected chi connectivity index (χ3v) is 5.68. The van der Waals surface area contributed by atoms with Crippen LogP contribution in [0.15, 0.2) is 36.7 Å². The highest BCUT2D eigenvalue weighted by Gasteiger charge is 2.28. The Morgan fingerprint density at radius 1 is 1.23 bits per heavy atom. The van der Waals surface area contributed by atoms with Crippen LogP contribution in [0.2, 0.25) is 0 Å². The van der Waals surface area contributed by atoms with Gasteiger partial charge in [-0.25, -0.2) is 22.5 Å². The molecule has 0 saturated carbocycles. The van der Waals surface area contributed by atoms with Gasteiger partial charge in [-0.3, -0.25) is 5.14 Å². The molecule has 26 heavy (non-hydrogen) atoms. The predicted molar refractivity (Wildman–Crippen MR) is 97.8 cm³/mol.